The summed E-state index contributed by atoms with van der Waals surface area (Å²) < 4.78 is 5.70. The maximum absolute atomic E-state index is 13.5. The van der Waals surface area contributed by atoms with Crippen molar-refractivity contribution in [3.63, 3.8) is 0 Å². The van der Waals surface area contributed by atoms with Gasteiger partial charge in [-0.3, -0.25) is 19.7 Å². The number of ether oxygens (including phenoxy) is 1. The summed E-state index contributed by atoms with van der Waals surface area (Å²) in [4.78, 5) is 39.9. The summed E-state index contributed by atoms with van der Waals surface area (Å²) in [6, 6.07) is 23.1. The number of aromatic nitrogens is 2. The molecule has 1 heterocycles. The first-order valence-electron chi connectivity index (χ1n) is 12.8. The van der Waals surface area contributed by atoms with Crippen molar-refractivity contribution in [2.24, 2.45) is 0 Å². The molecule has 0 aliphatic heterocycles. The van der Waals surface area contributed by atoms with Gasteiger partial charge in [0.1, 0.15) is 16.5 Å². The van der Waals surface area contributed by atoms with Crippen LogP contribution >= 0.6 is 23.1 Å². The lowest BCUT2D eigenvalue weighted by Crippen LogP contribution is -2.30. The number of hydrogen-bond acceptors (Lipinski definition) is 8. The van der Waals surface area contributed by atoms with Crippen LogP contribution in [0.4, 0.5) is 10.8 Å². The molecule has 3 aromatic carbocycles. The Kier molecular flexibility index (Phi) is 10.2. The van der Waals surface area contributed by atoms with Crippen LogP contribution in [0.15, 0.2) is 89.5 Å². The van der Waals surface area contributed by atoms with E-state index in [-0.39, 0.29) is 11.6 Å². The van der Waals surface area contributed by atoms with Gasteiger partial charge in [-0.05, 0) is 63.2 Å². The Morgan fingerprint density at radius 1 is 0.976 bits per heavy atom. The first-order chi connectivity index (χ1) is 19.8. The molecule has 4 rings (SSSR count). The Morgan fingerprint density at radius 3 is 2.46 bits per heavy atom. The molecule has 3 N–H and O–H groups in total. The van der Waals surface area contributed by atoms with E-state index in [2.05, 4.69) is 26.1 Å². The first kappa shape index (κ1) is 29.5. The Morgan fingerprint density at radius 2 is 1.73 bits per heavy atom. The van der Waals surface area contributed by atoms with E-state index in [0.717, 1.165) is 9.90 Å². The van der Waals surface area contributed by atoms with Crippen LogP contribution in [0, 0.1) is 6.92 Å². The fourth-order valence-corrected chi connectivity index (χ4v) is 5.16. The molecule has 0 spiro atoms. The Bertz CT molecular complexity index is 1560. The first-order valence-corrected chi connectivity index (χ1v) is 14.5. The van der Waals surface area contributed by atoms with Crippen LogP contribution in [0.25, 0.3) is 6.08 Å². The number of carbonyl (C=O) groups excluding carboxylic acids is 3. The van der Waals surface area contributed by atoms with Gasteiger partial charge in [0.05, 0.1) is 11.9 Å². The predicted octanol–water partition coefficient (Wildman–Crippen LogP) is 5.77. The minimum absolute atomic E-state index is 0.0455. The summed E-state index contributed by atoms with van der Waals surface area (Å²) in [7, 11) is 0. The van der Waals surface area contributed by atoms with Gasteiger partial charge in [0.2, 0.25) is 11.0 Å². The van der Waals surface area contributed by atoms with E-state index < -0.39 is 17.1 Å². The third kappa shape index (κ3) is 8.50. The van der Waals surface area contributed by atoms with Crippen LogP contribution in [-0.4, -0.2) is 39.8 Å². The number of nitrogens with zero attached hydrogens (tertiary/aromatic N) is 2. The van der Waals surface area contributed by atoms with Crippen LogP contribution in [0.3, 0.4) is 0 Å². The zero-order chi connectivity index (χ0) is 29.2. The summed E-state index contributed by atoms with van der Waals surface area (Å²) in [5.74, 6) is -0.554. The van der Waals surface area contributed by atoms with Gasteiger partial charge in [-0.2, -0.15) is 0 Å². The topological polar surface area (TPSA) is 122 Å². The minimum Gasteiger partial charge on any atom is -0.493 e. The molecule has 0 aliphatic carbocycles. The molecule has 11 heteroatoms. The van der Waals surface area contributed by atoms with Gasteiger partial charge in [-0.15, -0.1) is 22.0 Å². The van der Waals surface area contributed by atoms with Crippen molar-refractivity contribution in [2.45, 2.75) is 30.9 Å². The third-order valence-electron chi connectivity index (χ3n) is 5.58. The van der Waals surface area contributed by atoms with Gasteiger partial charge in [0, 0.05) is 21.7 Å². The lowest BCUT2D eigenvalue weighted by atomic mass is 10.1. The molecule has 0 radical (unpaired) electrons. The summed E-state index contributed by atoms with van der Waals surface area (Å²) in [6.45, 7) is 5.92. The van der Waals surface area contributed by atoms with Crippen molar-refractivity contribution in [1.82, 2.24) is 15.5 Å². The fourth-order valence-electron chi connectivity index (χ4n) is 3.64. The normalized spacial score (nSPS) is 11.8. The Balaban J connectivity index is 1.52. The van der Waals surface area contributed by atoms with Crippen LogP contribution in [0.2, 0.25) is 0 Å². The smallest absolute Gasteiger partial charge is 0.272 e. The quantitative estimate of drug-likeness (QED) is 0.150. The van der Waals surface area contributed by atoms with Gasteiger partial charge in [0.25, 0.3) is 11.8 Å². The number of para-hydroxylation sites is 1. The molecule has 9 nitrogen and oxygen atoms in total. The number of anilines is 2. The van der Waals surface area contributed by atoms with Crippen molar-refractivity contribution in [3.05, 3.63) is 101 Å². The summed E-state index contributed by atoms with van der Waals surface area (Å²) in [6.07, 6.45) is 1.58. The zero-order valence-corrected chi connectivity index (χ0v) is 24.3. The van der Waals surface area contributed by atoms with Gasteiger partial charge in [-0.1, -0.05) is 53.8 Å². The van der Waals surface area contributed by atoms with E-state index in [1.807, 2.05) is 38.1 Å². The predicted molar refractivity (Wildman–Crippen MR) is 163 cm³/mol. The lowest BCUT2D eigenvalue weighted by Gasteiger charge is -2.14. The standard InChI is InChI=1S/C30H29N5O4S2/c1-4-39-26-16-9-8-13-22(26)17-25(32-28(37)21-11-6-5-7-12-21)29(38)31-23-14-10-15-24(18-23)40-19(2)27(36)33-30-35-34-20(3)41-30/h5-19H,4H2,1-3H3,(H,31,38)(H,32,37)(H,33,35,36)/b25-17+. The molecule has 0 saturated heterocycles. The number of aryl methyl sites for hydroxylation is 1. The number of thioether (sulfide) groups is 1. The summed E-state index contributed by atoms with van der Waals surface area (Å²) in [5.41, 5.74) is 1.61. The second kappa shape index (κ2) is 14.2. The van der Waals surface area contributed by atoms with Crippen LogP contribution < -0.4 is 20.7 Å². The number of nitrogens with one attached hydrogen (secondary N) is 3. The van der Waals surface area contributed by atoms with Crippen molar-refractivity contribution in [2.75, 3.05) is 17.2 Å². The zero-order valence-electron chi connectivity index (χ0n) is 22.7. The third-order valence-corrected chi connectivity index (χ3v) is 7.43. The van der Waals surface area contributed by atoms with E-state index in [9.17, 15) is 14.4 Å². The van der Waals surface area contributed by atoms with E-state index in [0.29, 0.717) is 34.3 Å². The molecular weight excluding hydrogens is 558 g/mol. The van der Waals surface area contributed by atoms with Crippen molar-refractivity contribution in [3.8, 4) is 5.75 Å². The largest absolute Gasteiger partial charge is 0.493 e. The maximum atomic E-state index is 13.5. The lowest BCUT2D eigenvalue weighted by molar-refractivity contribution is -0.115. The Labute approximate surface area is 246 Å². The second-order valence-corrected chi connectivity index (χ2v) is 11.3. The van der Waals surface area contributed by atoms with Gasteiger partial charge < -0.3 is 15.4 Å². The van der Waals surface area contributed by atoms with Gasteiger partial charge in [0.15, 0.2) is 0 Å². The number of benzene rings is 3. The van der Waals surface area contributed by atoms with Crippen molar-refractivity contribution < 1.29 is 19.1 Å². The molecule has 3 amide bonds. The molecule has 4 aromatic rings. The molecule has 1 unspecified atom stereocenters. The molecule has 0 fully saturated rings. The molecular formula is C30H29N5O4S2. The number of carbonyl (C=O) groups is 3. The van der Waals surface area contributed by atoms with Crippen molar-refractivity contribution in [1.29, 1.82) is 0 Å². The molecule has 0 saturated carbocycles. The minimum atomic E-state index is -0.514. The highest BCUT2D eigenvalue weighted by Gasteiger charge is 2.18. The average molecular weight is 588 g/mol. The SMILES string of the molecule is CCOc1ccccc1/C=C(/NC(=O)c1ccccc1)C(=O)Nc1cccc(SC(C)C(=O)Nc2nnc(C)s2)c1. The molecule has 41 heavy (non-hydrogen) atoms. The van der Waals surface area contributed by atoms with E-state index in [1.54, 1.807) is 67.6 Å². The number of amides is 3. The molecule has 210 valence electrons. The second-order valence-electron chi connectivity index (χ2n) is 8.71. The molecule has 1 atom stereocenters. The highest BCUT2D eigenvalue weighted by molar-refractivity contribution is 8.00. The van der Waals surface area contributed by atoms with E-state index in [4.69, 9.17) is 4.74 Å². The highest BCUT2D eigenvalue weighted by Crippen LogP contribution is 2.27. The number of rotatable bonds is 11. The van der Waals surface area contributed by atoms with Crippen LogP contribution in [0.5, 0.6) is 5.75 Å². The summed E-state index contributed by atoms with van der Waals surface area (Å²) >= 11 is 2.64. The number of hydrogen-bond donors (Lipinski definition) is 3. The fraction of sp³-hybridized carbons (Fsp3) is 0.167. The highest BCUT2D eigenvalue weighted by atomic mass is 32.2. The van der Waals surface area contributed by atoms with Gasteiger partial charge >= 0.3 is 0 Å². The van der Waals surface area contributed by atoms with Crippen LogP contribution in [-0.2, 0) is 9.59 Å². The average Bonchev–Trinajstić information content (AvgIpc) is 3.38. The molecule has 0 aliphatic rings. The molecule has 0 bridgehead atoms. The van der Waals surface area contributed by atoms with E-state index in [1.165, 1.54) is 23.1 Å². The maximum Gasteiger partial charge on any atom is 0.272 e. The molecule has 1 aromatic heterocycles. The summed E-state index contributed by atoms with van der Waals surface area (Å²) in [5, 5.41) is 17.0. The van der Waals surface area contributed by atoms with Crippen LogP contribution in [0.1, 0.15) is 34.8 Å². The van der Waals surface area contributed by atoms with Gasteiger partial charge in [-0.25, -0.2) is 0 Å². The van der Waals surface area contributed by atoms with E-state index >= 15 is 0 Å². The van der Waals surface area contributed by atoms with Crippen molar-refractivity contribution >= 4 is 57.7 Å². The Hall–Kier alpha value is -4.48. The monoisotopic (exact) mass is 587 g/mol.